The van der Waals surface area contributed by atoms with Gasteiger partial charge in [0, 0.05) is 30.1 Å². The van der Waals surface area contributed by atoms with Crippen LogP contribution in [0.4, 0.5) is 10.1 Å². The molecule has 10 heteroatoms. The number of halogens is 2. The summed E-state index contributed by atoms with van der Waals surface area (Å²) in [5.41, 5.74) is 2.08. The van der Waals surface area contributed by atoms with Crippen molar-refractivity contribution in [1.82, 2.24) is 10.2 Å². The number of aryl methyl sites for hydroxylation is 1. The molecule has 0 fully saturated rings. The second-order valence-electron chi connectivity index (χ2n) is 10.8. The van der Waals surface area contributed by atoms with Gasteiger partial charge in [0.1, 0.15) is 18.4 Å². The molecule has 1 atom stereocenters. The molecule has 4 aromatic rings. The Bertz CT molecular complexity index is 1680. The second kappa shape index (κ2) is 15.7. The molecular weight excluding hydrogens is 613 g/mol. The number of rotatable bonds is 14. The second-order valence-corrected chi connectivity index (χ2v) is 13.1. The van der Waals surface area contributed by atoms with Crippen molar-refractivity contribution in [2.24, 2.45) is 0 Å². The first-order chi connectivity index (χ1) is 21.6. The highest BCUT2D eigenvalue weighted by Gasteiger charge is 2.35. The summed E-state index contributed by atoms with van der Waals surface area (Å²) >= 11 is 6.11. The highest BCUT2D eigenvalue weighted by atomic mass is 35.5. The zero-order chi connectivity index (χ0) is 32.4. The summed E-state index contributed by atoms with van der Waals surface area (Å²) in [6, 6.07) is 26.6. The predicted molar refractivity (Wildman–Crippen MR) is 176 cm³/mol. The van der Waals surface area contributed by atoms with Crippen molar-refractivity contribution in [2.75, 3.05) is 17.4 Å². The zero-order valence-corrected chi connectivity index (χ0v) is 26.9. The highest BCUT2D eigenvalue weighted by molar-refractivity contribution is 7.92. The van der Waals surface area contributed by atoms with E-state index >= 15 is 4.39 Å². The lowest BCUT2D eigenvalue weighted by Crippen LogP contribution is -2.53. The van der Waals surface area contributed by atoms with Gasteiger partial charge in [-0.15, -0.1) is 0 Å². The molecule has 4 aromatic carbocycles. The van der Waals surface area contributed by atoms with E-state index in [-0.39, 0.29) is 29.1 Å². The first-order valence-electron chi connectivity index (χ1n) is 14.8. The van der Waals surface area contributed by atoms with Crippen LogP contribution >= 0.6 is 11.6 Å². The van der Waals surface area contributed by atoms with Gasteiger partial charge in [0.2, 0.25) is 11.8 Å². The molecule has 4 rings (SSSR count). The Morgan fingerprint density at radius 3 is 2.18 bits per heavy atom. The minimum Gasteiger partial charge on any atom is -0.354 e. The van der Waals surface area contributed by atoms with E-state index in [1.165, 1.54) is 47.4 Å². The molecule has 0 saturated heterocycles. The Hall–Kier alpha value is -4.21. The van der Waals surface area contributed by atoms with Gasteiger partial charge in [-0.1, -0.05) is 91.2 Å². The van der Waals surface area contributed by atoms with Crippen molar-refractivity contribution in [3.8, 4) is 0 Å². The highest BCUT2D eigenvalue weighted by Crippen LogP contribution is 2.27. The molecule has 236 valence electrons. The number of amides is 2. The van der Waals surface area contributed by atoms with Gasteiger partial charge in [0.05, 0.1) is 10.6 Å². The monoisotopic (exact) mass is 649 g/mol. The Morgan fingerprint density at radius 1 is 0.889 bits per heavy atom. The molecule has 45 heavy (non-hydrogen) atoms. The summed E-state index contributed by atoms with van der Waals surface area (Å²) in [5, 5.41) is 3.31. The largest absolute Gasteiger partial charge is 0.354 e. The van der Waals surface area contributed by atoms with Gasteiger partial charge in [-0.3, -0.25) is 13.9 Å². The Labute approximate surface area is 269 Å². The van der Waals surface area contributed by atoms with Crippen molar-refractivity contribution in [3.05, 3.63) is 131 Å². The van der Waals surface area contributed by atoms with Crippen LogP contribution in [-0.2, 0) is 32.6 Å². The van der Waals surface area contributed by atoms with Crippen LogP contribution in [0.25, 0.3) is 0 Å². The van der Waals surface area contributed by atoms with E-state index in [0.29, 0.717) is 11.6 Å². The number of sulfonamides is 1. The molecule has 0 aromatic heterocycles. The van der Waals surface area contributed by atoms with Crippen LogP contribution in [-0.4, -0.2) is 44.3 Å². The smallest absolute Gasteiger partial charge is 0.264 e. The van der Waals surface area contributed by atoms with E-state index in [1.54, 1.807) is 30.3 Å². The summed E-state index contributed by atoms with van der Waals surface area (Å²) in [7, 11) is -4.25. The number of hydrogen-bond acceptors (Lipinski definition) is 4. The fraction of sp³-hybridized carbons (Fsp3) is 0.257. The Kier molecular flexibility index (Phi) is 11.7. The normalized spacial score (nSPS) is 11.9. The van der Waals surface area contributed by atoms with Crippen molar-refractivity contribution in [3.63, 3.8) is 0 Å². The summed E-state index contributed by atoms with van der Waals surface area (Å²) in [6.07, 6.45) is 1.74. The molecule has 0 aliphatic carbocycles. The third-order valence-corrected chi connectivity index (χ3v) is 9.44. The maximum absolute atomic E-state index is 15.0. The van der Waals surface area contributed by atoms with Crippen LogP contribution in [0.3, 0.4) is 0 Å². The van der Waals surface area contributed by atoms with Gasteiger partial charge in [-0.05, 0) is 61.4 Å². The first-order valence-corrected chi connectivity index (χ1v) is 16.6. The molecule has 2 amide bonds. The fourth-order valence-electron chi connectivity index (χ4n) is 4.84. The molecule has 0 radical (unpaired) electrons. The van der Waals surface area contributed by atoms with Crippen molar-refractivity contribution >= 4 is 39.1 Å². The van der Waals surface area contributed by atoms with Crippen LogP contribution in [0.1, 0.15) is 36.5 Å². The lowest BCUT2D eigenvalue weighted by Gasteiger charge is -2.34. The number of unbranched alkanes of at least 4 members (excludes halogenated alkanes) is 1. The quantitative estimate of drug-likeness (QED) is 0.157. The van der Waals surface area contributed by atoms with Crippen LogP contribution in [0.2, 0.25) is 5.02 Å². The van der Waals surface area contributed by atoms with Gasteiger partial charge < -0.3 is 10.2 Å². The summed E-state index contributed by atoms with van der Waals surface area (Å²) in [5.74, 6) is -1.62. The van der Waals surface area contributed by atoms with Gasteiger partial charge in [0.25, 0.3) is 10.0 Å². The average Bonchev–Trinajstić information content (AvgIpc) is 3.03. The summed E-state index contributed by atoms with van der Waals surface area (Å²) < 4.78 is 44.1. The molecular formula is C35H37ClFN3O4S. The van der Waals surface area contributed by atoms with E-state index in [2.05, 4.69) is 5.32 Å². The molecule has 0 heterocycles. The summed E-state index contributed by atoms with van der Waals surface area (Å²) in [4.78, 5) is 29.4. The average molecular weight is 650 g/mol. The van der Waals surface area contributed by atoms with E-state index in [0.717, 1.165) is 28.3 Å². The van der Waals surface area contributed by atoms with Gasteiger partial charge in [0.15, 0.2) is 0 Å². The van der Waals surface area contributed by atoms with Gasteiger partial charge in [-0.2, -0.15) is 0 Å². The molecule has 0 saturated carbocycles. The minimum absolute atomic E-state index is 0.00496. The van der Waals surface area contributed by atoms with Crippen LogP contribution in [0.5, 0.6) is 0 Å². The van der Waals surface area contributed by atoms with Crippen molar-refractivity contribution in [1.29, 1.82) is 0 Å². The van der Waals surface area contributed by atoms with E-state index < -0.39 is 40.2 Å². The molecule has 0 unspecified atom stereocenters. The maximum Gasteiger partial charge on any atom is 0.264 e. The number of benzene rings is 4. The zero-order valence-electron chi connectivity index (χ0n) is 25.3. The van der Waals surface area contributed by atoms with Gasteiger partial charge >= 0.3 is 0 Å². The Balaban J connectivity index is 1.79. The summed E-state index contributed by atoms with van der Waals surface area (Å²) in [6.45, 7) is 3.36. The number of carbonyl (C=O) groups excluding carboxylic acids is 2. The number of anilines is 1. The number of carbonyl (C=O) groups is 2. The molecule has 0 bridgehead atoms. The fourth-order valence-corrected chi connectivity index (χ4v) is 6.38. The third kappa shape index (κ3) is 8.93. The predicted octanol–water partition coefficient (Wildman–Crippen LogP) is 6.54. The lowest BCUT2D eigenvalue weighted by atomic mass is 10.0. The van der Waals surface area contributed by atoms with E-state index in [1.807, 2.05) is 44.2 Å². The molecule has 0 spiro atoms. The molecule has 0 aliphatic heterocycles. The van der Waals surface area contributed by atoms with E-state index in [4.69, 9.17) is 11.6 Å². The molecule has 7 nitrogen and oxygen atoms in total. The van der Waals surface area contributed by atoms with Crippen LogP contribution in [0.15, 0.2) is 108 Å². The van der Waals surface area contributed by atoms with Gasteiger partial charge in [-0.25, -0.2) is 12.8 Å². The van der Waals surface area contributed by atoms with Crippen LogP contribution < -0.4 is 9.62 Å². The first kappa shape index (κ1) is 33.7. The lowest BCUT2D eigenvalue weighted by molar-refractivity contribution is -0.140. The topological polar surface area (TPSA) is 86.8 Å². The third-order valence-electron chi connectivity index (χ3n) is 7.40. The molecule has 1 N–H and O–H groups in total. The van der Waals surface area contributed by atoms with Crippen LogP contribution in [0, 0.1) is 12.7 Å². The number of hydrogen-bond donors (Lipinski definition) is 1. The number of nitrogens with zero attached hydrogens (tertiary/aromatic N) is 2. The molecule has 0 aliphatic rings. The number of nitrogens with one attached hydrogen (secondary N) is 1. The van der Waals surface area contributed by atoms with E-state index in [9.17, 15) is 18.0 Å². The SMILES string of the molecule is CCCCNC(=O)[C@@H](Cc1ccccc1)N(Cc1ccccc1F)C(=O)CN(c1ccc(Cl)cc1)S(=O)(=O)c1ccc(C)cc1. The standard InChI is InChI=1S/C35H37ClFN3O4S/c1-3-4-22-38-35(42)33(23-27-10-6-5-7-11-27)39(24-28-12-8-9-13-32(28)37)34(41)25-40(30-18-16-29(36)17-19-30)45(43,44)31-20-14-26(2)15-21-31/h5-21,33H,3-4,22-25H2,1-2H3,(H,38,42)/t33-/m1/s1. The van der Waals surface area contributed by atoms with Crippen molar-refractivity contribution in [2.45, 2.75) is 50.6 Å². The minimum atomic E-state index is -4.25. The maximum atomic E-state index is 15.0. The Morgan fingerprint density at radius 2 is 1.53 bits per heavy atom. The van der Waals surface area contributed by atoms with Crippen molar-refractivity contribution < 1.29 is 22.4 Å².